The maximum Gasteiger partial charge on any atom is 0.329 e. The van der Waals surface area contributed by atoms with Gasteiger partial charge in [0.15, 0.2) is 0 Å². The van der Waals surface area contributed by atoms with Crippen molar-refractivity contribution in [1.82, 2.24) is 14.8 Å². The van der Waals surface area contributed by atoms with Gasteiger partial charge in [0.2, 0.25) is 0 Å². The molecule has 0 unspecified atom stereocenters. The summed E-state index contributed by atoms with van der Waals surface area (Å²) in [7, 11) is 1.20. The number of aryl methyl sites for hydroxylation is 1. The highest BCUT2D eigenvalue weighted by Gasteiger charge is 2.35. The zero-order valence-corrected chi connectivity index (χ0v) is 15.8. The van der Waals surface area contributed by atoms with E-state index in [0.29, 0.717) is 5.02 Å². The van der Waals surface area contributed by atoms with Crippen LogP contribution in [-0.4, -0.2) is 41.0 Å². The number of halogens is 1. The Kier molecular flexibility index (Phi) is 5.05. The number of aromatic nitrogens is 1. The number of ether oxygens (including phenoxy) is 1. The molecule has 2 aromatic rings. The summed E-state index contributed by atoms with van der Waals surface area (Å²) in [6.07, 6.45) is 1.60. The minimum atomic E-state index is -0.666. The Bertz CT molecular complexity index is 960. The zero-order chi connectivity index (χ0) is 19.7. The molecular formula is C19H18ClN3O4. The van der Waals surface area contributed by atoms with Crippen LogP contribution in [0.5, 0.6) is 0 Å². The summed E-state index contributed by atoms with van der Waals surface area (Å²) in [4.78, 5) is 36.6. The van der Waals surface area contributed by atoms with Crippen LogP contribution in [0.4, 0.5) is 4.79 Å². The summed E-state index contributed by atoms with van der Waals surface area (Å²) in [5, 5.41) is 3.15. The van der Waals surface area contributed by atoms with E-state index in [1.165, 1.54) is 7.11 Å². The molecule has 3 amide bonds. The fourth-order valence-electron chi connectivity index (χ4n) is 2.99. The molecule has 0 radical (unpaired) electrons. The number of nitrogens with zero attached hydrogens (tertiary/aromatic N) is 2. The van der Waals surface area contributed by atoms with Crippen LogP contribution in [0.3, 0.4) is 0 Å². The van der Waals surface area contributed by atoms with Gasteiger partial charge in [-0.25, -0.2) is 9.69 Å². The molecule has 1 aromatic heterocycles. The zero-order valence-electron chi connectivity index (χ0n) is 15.1. The first-order valence-corrected chi connectivity index (χ1v) is 8.56. The number of hydrogen-bond acceptors (Lipinski definition) is 4. The third-order valence-corrected chi connectivity index (χ3v) is 4.58. The fraction of sp³-hybridized carbons (Fsp3) is 0.211. The summed E-state index contributed by atoms with van der Waals surface area (Å²) < 4.78 is 6.54. The summed E-state index contributed by atoms with van der Waals surface area (Å²) in [6, 6.07) is 8.68. The summed E-state index contributed by atoms with van der Waals surface area (Å²) in [5.41, 5.74) is 3.69. The van der Waals surface area contributed by atoms with Crippen LogP contribution < -0.4 is 5.32 Å². The molecule has 1 aliphatic rings. The van der Waals surface area contributed by atoms with Crippen molar-refractivity contribution < 1.29 is 19.1 Å². The van der Waals surface area contributed by atoms with Crippen LogP contribution in [0.1, 0.15) is 17.0 Å². The number of hydrogen-bond donors (Lipinski definition) is 1. The molecule has 0 aliphatic carbocycles. The van der Waals surface area contributed by atoms with Crippen molar-refractivity contribution in [2.24, 2.45) is 0 Å². The van der Waals surface area contributed by atoms with E-state index < -0.39 is 24.5 Å². The number of carbonyl (C=O) groups is 3. The number of imide groups is 1. The second-order valence-corrected chi connectivity index (χ2v) is 6.53. The molecule has 2 heterocycles. The van der Waals surface area contributed by atoms with Gasteiger partial charge in [0.05, 0.1) is 7.11 Å². The lowest BCUT2D eigenvalue weighted by Crippen LogP contribution is -2.36. The van der Waals surface area contributed by atoms with Gasteiger partial charge >= 0.3 is 12.0 Å². The predicted octanol–water partition coefficient (Wildman–Crippen LogP) is 2.81. The maximum atomic E-state index is 12.4. The van der Waals surface area contributed by atoms with Crippen molar-refractivity contribution >= 4 is 35.6 Å². The Morgan fingerprint density at radius 1 is 1.22 bits per heavy atom. The fourth-order valence-corrected chi connectivity index (χ4v) is 3.11. The van der Waals surface area contributed by atoms with E-state index >= 15 is 0 Å². The number of urea groups is 1. The Morgan fingerprint density at radius 3 is 2.52 bits per heavy atom. The minimum Gasteiger partial charge on any atom is -0.468 e. The minimum absolute atomic E-state index is 0.111. The maximum absolute atomic E-state index is 12.4. The summed E-state index contributed by atoms with van der Waals surface area (Å²) in [5.74, 6) is -1.23. The molecule has 8 heteroatoms. The quantitative estimate of drug-likeness (QED) is 0.497. The van der Waals surface area contributed by atoms with E-state index in [-0.39, 0.29) is 5.70 Å². The van der Waals surface area contributed by atoms with Crippen molar-refractivity contribution in [3.63, 3.8) is 0 Å². The van der Waals surface area contributed by atoms with E-state index in [1.54, 1.807) is 18.2 Å². The topological polar surface area (TPSA) is 80.6 Å². The molecule has 0 atom stereocenters. The van der Waals surface area contributed by atoms with E-state index in [9.17, 15) is 14.4 Å². The first-order valence-electron chi connectivity index (χ1n) is 8.18. The third-order valence-electron chi connectivity index (χ3n) is 4.33. The number of benzene rings is 1. The molecule has 0 spiro atoms. The molecule has 0 bridgehead atoms. The van der Waals surface area contributed by atoms with Gasteiger partial charge in [-0.3, -0.25) is 9.59 Å². The lowest BCUT2D eigenvalue weighted by Gasteiger charge is -2.10. The van der Waals surface area contributed by atoms with Crippen LogP contribution in [-0.2, 0) is 14.3 Å². The second-order valence-electron chi connectivity index (χ2n) is 6.09. The number of methoxy groups -OCH3 is 1. The van der Waals surface area contributed by atoms with Crippen LogP contribution in [0, 0.1) is 13.8 Å². The van der Waals surface area contributed by atoms with Crippen molar-refractivity contribution in [2.45, 2.75) is 13.8 Å². The molecular weight excluding hydrogens is 370 g/mol. The average molecular weight is 388 g/mol. The SMILES string of the molecule is COC(=O)CN1C(=O)NC(=Cc2cc(C)n(-c3ccc(Cl)cc3)c2C)C1=O. The molecule has 3 rings (SSSR count). The van der Waals surface area contributed by atoms with Gasteiger partial charge in [0.1, 0.15) is 12.2 Å². The van der Waals surface area contributed by atoms with E-state index in [4.69, 9.17) is 11.6 Å². The van der Waals surface area contributed by atoms with E-state index in [2.05, 4.69) is 10.1 Å². The molecule has 1 fully saturated rings. The molecule has 1 aromatic carbocycles. The van der Waals surface area contributed by atoms with Crippen molar-refractivity contribution in [1.29, 1.82) is 0 Å². The van der Waals surface area contributed by atoms with Gasteiger partial charge in [-0.05, 0) is 55.8 Å². The number of nitrogens with one attached hydrogen (secondary N) is 1. The molecule has 27 heavy (non-hydrogen) atoms. The highest BCUT2D eigenvalue weighted by Crippen LogP contribution is 2.24. The van der Waals surface area contributed by atoms with Crippen LogP contribution >= 0.6 is 11.6 Å². The first-order chi connectivity index (χ1) is 12.8. The standard InChI is InChI=1S/C19H18ClN3O4/c1-11-8-13(12(2)23(11)15-6-4-14(20)5-7-15)9-16-18(25)22(19(26)21-16)10-17(24)27-3/h4-9H,10H2,1-3H3,(H,21,26). The normalized spacial score (nSPS) is 15.4. The van der Waals surface area contributed by atoms with Crippen LogP contribution in [0.15, 0.2) is 36.0 Å². The van der Waals surface area contributed by atoms with Crippen molar-refractivity contribution in [3.05, 3.63) is 58.0 Å². The summed E-state index contributed by atoms with van der Waals surface area (Å²) >= 11 is 5.95. The van der Waals surface area contributed by atoms with Gasteiger partial charge in [-0.1, -0.05) is 11.6 Å². The number of amides is 3. The molecule has 0 saturated carbocycles. The van der Waals surface area contributed by atoms with Gasteiger partial charge in [-0.15, -0.1) is 0 Å². The number of rotatable bonds is 4. The Labute approximate surface area is 161 Å². The first kappa shape index (κ1) is 18.7. The highest BCUT2D eigenvalue weighted by atomic mass is 35.5. The number of esters is 1. The monoisotopic (exact) mass is 387 g/mol. The van der Waals surface area contributed by atoms with Gasteiger partial charge in [0, 0.05) is 22.1 Å². The molecule has 7 nitrogen and oxygen atoms in total. The third kappa shape index (κ3) is 3.59. The van der Waals surface area contributed by atoms with E-state index in [0.717, 1.165) is 27.5 Å². The Balaban J connectivity index is 1.93. The smallest absolute Gasteiger partial charge is 0.329 e. The van der Waals surface area contributed by atoms with Crippen molar-refractivity contribution in [2.75, 3.05) is 13.7 Å². The second kappa shape index (κ2) is 7.28. The summed E-state index contributed by atoms with van der Waals surface area (Å²) in [6.45, 7) is 3.44. The number of carbonyl (C=O) groups excluding carboxylic acids is 3. The van der Waals surface area contributed by atoms with Gasteiger partial charge in [-0.2, -0.15) is 0 Å². The van der Waals surface area contributed by atoms with E-state index in [1.807, 2.05) is 36.6 Å². The van der Waals surface area contributed by atoms with Gasteiger partial charge in [0.25, 0.3) is 5.91 Å². The molecule has 1 N–H and O–H groups in total. The average Bonchev–Trinajstić information content (AvgIpc) is 3.06. The molecule has 1 saturated heterocycles. The van der Waals surface area contributed by atoms with Crippen LogP contribution in [0.2, 0.25) is 5.02 Å². The Morgan fingerprint density at radius 2 is 1.89 bits per heavy atom. The Hall–Kier alpha value is -3.06. The lowest BCUT2D eigenvalue weighted by molar-refractivity contribution is -0.143. The predicted molar refractivity (Wildman–Crippen MR) is 100 cm³/mol. The van der Waals surface area contributed by atoms with Gasteiger partial charge < -0.3 is 14.6 Å². The largest absolute Gasteiger partial charge is 0.468 e. The van der Waals surface area contributed by atoms with Crippen LogP contribution in [0.25, 0.3) is 11.8 Å². The lowest BCUT2D eigenvalue weighted by atomic mass is 10.2. The molecule has 140 valence electrons. The highest BCUT2D eigenvalue weighted by molar-refractivity contribution is 6.30. The van der Waals surface area contributed by atoms with Crippen molar-refractivity contribution in [3.8, 4) is 5.69 Å². The molecule has 1 aliphatic heterocycles.